The molecule has 0 saturated carbocycles. The standard InChI is InChI=1S/C30H47N3O2/c1-5-7-19-32(20-8-6-2)29-15-13-27(14-16-29)11-9-10-12-28-17-21-31(22-18-28)25-30(35)26-33(3,4)23-24-34/h9-18,21-22,30,34-35H,5-8,19-20,23-26H2,1-4H3/q+2. The highest BCUT2D eigenvalue weighted by molar-refractivity contribution is 5.59. The first-order valence-corrected chi connectivity index (χ1v) is 13.2. The van der Waals surface area contributed by atoms with Crippen LogP contribution in [0, 0.1) is 0 Å². The number of aromatic nitrogens is 1. The number of unbranched alkanes of at least 4 members (excludes halogenated alkanes) is 2. The number of pyridine rings is 1. The molecule has 1 aromatic heterocycles. The number of hydrogen-bond donors (Lipinski definition) is 2. The Morgan fingerprint density at radius 1 is 0.886 bits per heavy atom. The van der Waals surface area contributed by atoms with Crippen molar-refractivity contribution in [2.45, 2.75) is 52.2 Å². The number of quaternary nitrogens is 1. The van der Waals surface area contributed by atoms with Crippen molar-refractivity contribution in [3.05, 3.63) is 72.1 Å². The van der Waals surface area contributed by atoms with E-state index in [0.29, 0.717) is 24.1 Å². The maximum absolute atomic E-state index is 10.4. The normalized spacial score (nSPS) is 13.1. The van der Waals surface area contributed by atoms with Crippen LogP contribution in [0.4, 0.5) is 5.69 Å². The molecule has 0 saturated heterocycles. The molecule has 0 bridgehead atoms. The molecule has 192 valence electrons. The second-order valence-corrected chi connectivity index (χ2v) is 10.1. The number of allylic oxidation sites excluding steroid dienone is 2. The van der Waals surface area contributed by atoms with Gasteiger partial charge in [-0.15, -0.1) is 0 Å². The van der Waals surface area contributed by atoms with E-state index in [1.165, 1.54) is 36.9 Å². The van der Waals surface area contributed by atoms with Crippen LogP contribution in [0.1, 0.15) is 50.7 Å². The molecule has 0 aliphatic carbocycles. The Bertz CT molecular complexity index is 881. The molecule has 0 spiro atoms. The van der Waals surface area contributed by atoms with Crippen molar-refractivity contribution in [1.82, 2.24) is 0 Å². The highest BCUT2D eigenvalue weighted by Gasteiger charge is 2.22. The number of likely N-dealkylation sites (N-methyl/N-ethyl adjacent to an activating group) is 1. The minimum Gasteiger partial charge on any atom is -0.391 e. The van der Waals surface area contributed by atoms with Gasteiger partial charge in [-0.3, -0.25) is 0 Å². The van der Waals surface area contributed by atoms with Gasteiger partial charge in [-0.05, 0) is 36.1 Å². The Morgan fingerprint density at radius 2 is 1.43 bits per heavy atom. The van der Waals surface area contributed by atoms with Gasteiger partial charge in [0, 0.05) is 30.9 Å². The summed E-state index contributed by atoms with van der Waals surface area (Å²) in [5, 5.41) is 19.6. The highest BCUT2D eigenvalue weighted by atomic mass is 16.3. The van der Waals surface area contributed by atoms with Gasteiger partial charge in [0.05, 0.1) is 20.7 Å². The fourth-order valence-electron chi connectivity index (χ4n) is 4.13. The Morgan fingerprint density at radius 3 is 1.94 bits per heavy atom. The third-order valence-corrected chi connectivity index (χ3v) is 6.26. The van der Waals surface area contributed by atoms with E-state index in [9.17, 15) is 5.11 Å². The molecule has 1 aromatic carbocycles. The molecule has 1 heterocycles. The first kappa shape index (κ1) is 28.8. The maximum atomic E-state index is 10.4. The molecule has 1 unspecified atom stereocenters. The van der Waals surface area contributed by atoms with E-state index in [0.717, 1.165) is 18.7 Å². The third kappa shape index (κ3) is 11.2. The van der Waals surface area contributed by atoms with Gasteiger partial charge < -0.3 is 19.6 Å². The molecule has 0 aliphatic rings. The number of nitrogens with zero attached hydrogens (tertiary/aromatic N) is 3. The largest absolute Gasteiger partial charge is 0.391 e. The second-order valence-electron chi connectivity index (χ2n) is 10.1. The van der Waals surface area contributed by atoms with Crippen molar-refractivity contribution in [3.63, 3.8) is 0 Å². The zero-order chi connectivity index (χ0) is 25.5. The average Bonchev–Trinajstić information content (AvgIpc) is 2.83. The van der Waals surface area contributed by atoms with Gasteiger partial charge in [0.25, 0.3) is 0 Å². The smallest absolute Gasteiger partial charge is 0.179 e. The molecule has 0 radical (unpaired) electrons. The van der Waals surface area contributed by atoms with Crippen LogP contribution >= 0.6 is 0 Å². The van der Waals surface area contributed by atoms with Gasteiger partial charge >= 0.3 is 0 Å². The van der Waals surface area contributed by atoms with Gasteiger partial charge in [0.15, 0.2) is 25.0 Å². The van der Waals surface area contributed by atoms with Crippen molar-refractivity contribution in [2.24, 2.45) is 0 Å². The summed E-state index contributed by atoms with van der Waals surface area (Å²) in [4.78, 5) is 2.51. The van der Waals surface area contributed by atoms with E-state index < -0.39 is 6.10 Å². The van der Waals surface area contributed by atoms with Crippen molar-refractivity contribution in [2.75, 3.05) is 51.8 Å². The molecule has 0 amide bonds. The molecule has 2 N–H and O–H groups in total. The van der Waals surface area contributed by atoms with Crippen LogP contribution in [0.5, 0.6) is 0 Å². The Kier molecular flexibility index (Phi) is 12.7. The van der Waals surface area contributed by atoms with Gasteiger partial charge in [-0.1, -0.05) is 63.1 Å². The average molecular weight is 482 g/mol. The lowest BCUT2D eigenvalue weighted by atomic mass is 10.1. The fraction of sp³-hybridized carbons (Fsp3) is 0.500. The molecule has 1 atom stereocenters. The summed E-state index contributed by atoms with van der Waals surface area (Å²) in [6, 6.07) is 13.0. The zero-order valence-electron chi connectivity index (χ0n) is 22.3. The van der Waals surface area contributed by atoms with Crippen LogP contribution in [0.3, 0.4) is 0 Å². The van der Waals surface area contributed by atoms with E-state index in [1.807, 2.05) is 31.1 Å². The van der Waals surface area contributed by atoms with Gasteiger partial charge in [-0.2, -0.15) is 0 Å². The maximum Gasteiger partial charge on any atom is 0.179 e. The van der Waals surface area contributed by atoms with Crippen LogP contribution in [-0.2, 0) is 6.54 Å². The van der Waals surface area contributed by atoms with E-state index in [2.05, 4.69) is 79.4 Å². The molecule has 35 heavy (non-hydrogen) atoms. The molecule has 2 aromatic rings. The first-order valence-electron chi connectivity index (χ1n) is 13.2. The summed E-state index contributed by atoms with van der Waals surface area (Å²) in [6.45, 7) is 8.68. The lowest BCUT2D eigenvalue weighted by Gasteiger charge is -2.30. The highest BCUT2D eigenvalue weighted by Crippen LogP contribution is 2.18. The summed E-state index contributed by atoms with van der Waals surface area (Å²) in [7, 11) is 4.05. The van der Waals surface area contributed by atoms with Crippen LogP contribution < -0.4 is 9.47 Å². The summed E-state index contributed by atoms with van der Waals surface area (Å²) >= 11 is 0. The molecule has 0 aliphatic heterocycles. The predicted molar refractivity (Wildman–Crippen MR) is 148 cm³/mol. The molecular formula is C30H47N3O2+2. The monoisotopic (exact) mass is 481 g/mol. The molecule has 5 heteroatoms. The van der Waals surface area contributed by atoms with Crippen LogP contribution in [0.25, 0.3) is 12.2 Å². The number of rotatable bonds is 16. The SMILES string of the molecule is CCCCN(CCCC)c1ccc(C=CC=Cc2cc[n+](CC(O)C[N+](C)(C)CCO)cc2)cc1. The molecule has 0 fully saturated rings. The van der Waals surface area contributed by atoms with Crippen molar-refractivity contribution in [3.8, 4) is 0 Å². The van der Waals surface area contributed by atoms with E-state index in [1.54, 1.807) is 0 Å². The Labute approximate surface area is 213 Å². The summed E-state index contributed by atoms with van der Waals surface area (Å²) < 4.78 is 2.60. The van der Waals surface area contributed by atoms with E-state index >= 15 is 0 Å². The quantitative estimate of drug-likeness (QED) is 0.210. The number of hydrogen-bond acceptors (Lipinski definition) is 3. The van der Waals surface area contributed by atoms with Crippen LogP contribution in [-0.4, -0.2) is 67.7 Å². The number of aliphatic hydroxyl groups excluding tert-OH is 2. The predicted octanol–water partition coefficient (Wildman–Crippen LogP) is 4.54. The van der Waals surface area contributed by atoms with E-state index in [-0.39, 0.29) is 6.61 Å². The fourth-order valence-corrected chi connectivity index (χ4v) is 4.13. The Hall–Kier alpha value is -2.47. The third-order valence-electron chi connectivity index (χ3n) is 6.26. The first-order chi connectivity index (χ1) is 16.9. The number of anilines is 1. The topological polar surface area (TPSA) is 47.6 Å². The minimum absolute atomic E-state index is 0.129. The summed E-state index contributed by atoms with van der Waals surface area (Å²) in [5.41, 5.74) is 3.64. The summed E-state index contributed by atoms with van der Waals surface area (Å²) in [5.74, 6) is 0. The molecule has 5 nitrogen and oxygen atoms in total. The van der Waals surface area contributed by atoms with Gasteiger partial charge in [0.2, 0.25) is 0 Å². The van der Waals surface area contributed by atoms with E-state index in [4.69, 9.17) is 5.11 Å². The Balaban J connectivity index is 1.87. The van der Waals surface area contributed by atoms with Gasteiger partial charge in [-0.25, -0.2) is 4.57 Å². The van der Waals surface area contributed by atoms with Crippen molar-refractivity contribution in [1.29, 1.82) is 0 Å². The van der Waals surface area contributed by atoms with Crippen LogP contribution in [0.15, 0.2) is 60.9 Å². The summed E-state index contributed by atoms with van der Waals surface area (Å²) in [6.07, 6.45) is 16.8. The number of aliphatic hydroxyl groups is 2. The van der Waals surface area contributed by atoms with Crippen LogP contribution in [0.2, 0.25) is 0 Å². The van der Waals surface area contributed by atoms with Gasteiger partial charge in [0.1, 0.15) is 13.1 Å². The van der Waals surface area contributed by atoms with Crippen molar-refractivity contribution < 1.29 is 19.3 Å². The second kappa shape index (κ2) is 15.5. The minimum atomic E-state index is -0.456. The zero-order valence-corrected chi connectivity index (χ0v) is 22.3. The lowest BCUT2D eigenvalue weighted by molar-refractivity contribution is -0.896. The molecule has 2 rings (SSSR count). The van der Waals surface area contributed by atoms with Crippen molar-refractivity contribution >= 4 is 17.8 Å². The number of benzene rings is 1. The lowest BCUT2D eigenvalue weighted by Crippen LogP contribution is -2.51. The molecular weight excluding hydrogens is 434 g/mol.